The van der Waals surface area contributed by atoms with Crippen molar-refractivity contribution in [2.45, 2.75) is 32.4 Å². The maximum Gasteiger partial charge on any atom is 0.256 e. The van der Waals surface area contributed by atoms with Crippen molar-refractivity contribution in [1.29, 1.82) is 0 Å². The third-order valence-electron chi connectivity index (χ3n) is 6.17. The Kier molecular flexibility index (Phi) is 10.8. The number of hydroxylamine groups is 1. The van der Waals surface area contributed by atoms with Crippen molar-refractivity contribution in [2.24, 2.45) is 17.8 Å². The van der Waals surface area contributed by atoms with Gasteiger partial charge in [0, 0.05) is 0 Å². The topological polar surface area (TPSA) is 116 Å². The summed E-state index contributed by atoms with van der Waals surface area (Å²) in [6, 6.07) is 26.4. The minimum atomic E-state index is -4.05. The van der Waals surface area contributed by atoms with E-state index < -0.39 is 33.7 Å². The van der Waals surface area contributed by atoms with E-state index in [1.165, 1.54) is 0 Å². The van der Waals surface area contributed by atoms with E-state index in [2.05, 4.69) is 5.43 Å². The molecule has 0 aliphatic carbocycles. The number of allylic oxidation sites excluding steroid dienone is 1. The number of sulfonamides is 1. The fraction of sp³-hybridized carbons (Fsp3) is 0.267. The molecule has 0 aliphatic rings. The van der Waals surface area contributed by atoms with E-state index in [1.54, 1.807) is 72.2 Å². The summed E-state index contributed by atoms with van der Waals surface area (Å²) in [5, 5.41) is 9.48. The lowest BCUT2D eigenvalue weighted by Gasteiger charge is -2.30. The van der Waals surface area contributed by atoms with Crippen LogP contribution in [-0.2, 0) is 25.4 Å². The lowest BCUT2D eigenvalue weighted by Crippen LogP contribution is -2.51. The lowest BCUT2D eigenvalue weighted by atomic mass is 9.82. The normalized spacial score (nSPS) is 13.1. The van der Waals surface area contributed by atoms with Gasteiger partial charge < -0.3 is 0 Å². The number of carbonyl (C=O) groups excluding carboxylic acids is 2. The minimum Gasteiger partial charge on any atom is -0.289 e. The Balaban J connectivity index is 1.92. The van der Waals surface area contributed by atoms with Crippen molar-refractivity contribution < 1.29 is 23.2 Å². The van der Waals surface area contributed by atoms with Crippen molar-refractivity contribution in [2.75, 3.05) is 4.41 Å². The molecule has 39 heavy (non-hydrogen) atoms. The van der Waals surface area contributed by atoms with Gasteiger partial charge in [-0.3, -0.25) is 20.2 Å². The molecule has 0 radical (unpaired) electrons. The maximum atomic E-state index is 13.8. The molecule has 0 aromatic heterocycles. The predicted molar refractivity (Wildman–Crippen MR) is 153 cm³/mol. The molecule has 3 aromatic rings. The van der Waals surface area contributed by atoms with Crippen LogP contribution in [0.15, 0.2) is 97.1 Å². The zero-order valence-corrected chi connectivity index (χ0v) is 22.9. The second kappa shape index (κ2) is 14.3. The van der Waals surface area contributed by atoms with Gasteiger partial charge in [-0.25, -0.2) is 13.9 Å². The first-order valence-corrected chi connectivity index (χ1v) is 14.4. The number of hydrazine groups is 1. The number of para-hydroxylation sites is 1. The van der Waals surface area contributed by atoms with E-state index in [4.69, 9.17) is 0 Å². The number of nitrogens with one attached hydrogen (secondary N) is 2. The molecule has 9 heteroatoms. The van der Waals surface area contributed by atoms with E-state index >= 15 is 0 Å². The zero-order chi connectivity index (χ0) is 28.3. The van der Waals surface area contributed by atoms with Crippen molar-refractivity contribution >= 4 is 33.6 Å². The number of nitrogens with zero attached hydrogens (tertiary/aromatic N) is 1. The highest BCUT2D eigenvalue weighted by Crippen LogP contribution is 2.27. The number of benzene rings is 3. The van der Waals surface area contributed by atoms with Crippen LogP contribution >= 0.6 is 0 Å². The molecule has 8 nitrogen and oxygen atoms in total. The molecule has 0 heterocycles. The highest BCUT2D eigenvalue weighted by atomic mass is 32.2. The summed E-state index contributed by atoms with van der Waals surface area (Å²) in [7, 11) is -4.05. The Morgan fingerprint density at radius 1 is 0.846 bits per heavy atom. The van der Waals surface area contributed by atoms with E-state index in [0.717, 1.165) is 9.98 Å². The zero-order valence-electron chi connectivity index (χ0n) is 22.1. The van der Waals surface area contributed by atoms with Crippen LogP contribution in [-0.4, -0.2) is 25.4 Å². The van der Waals surface area contributed by atoms with Crippen LogP contribution in [0.5, 0.6) is 0 Å². The number of anilines is 1. The molecule has 3 N–H and O–H groups in total. The maximum absolute atomic E-state index is 13.8. The van der Waals surface area contributed by atoms with Crippen molar-refractivity contribution in [1.82, 2.24) is 10.9 Å². The highest BCUT2D eigenvalue weighted by molar-refractivity contribution is 7.92. The van der Waals surface area contributed by atoms with Crippen LogP contribution in [0.25, 0.3) is 6.08 Å². The van der Waals surface area contributed by atoms with Crippen molar-refractivity contribution in [3.8, 4) is 0 Å². The molecule has 0 fully saturated rings. The van der Waals surface area contributed by atoms with Crippen molar-refractivity contribution in [3.05, 3.63) is 108 Å². The van der Waals surface area contributed by atoms with Gasteiger partial charge in [0.2, 0.25) is 11.8 Å². The smallest absolute Gasteiger partial charge is 0.256 e. The quantitative estimate of drug-likeness (QED) is 0.206. The van der Waals surface area contributed by atoms with Gasteiger partial charge in [-0.1, -0.05) is 105 Å². The van der Waals surface area contributed by atoms with Gasteiger partial charge in [-0.2, -0.15) is 4.41 Å². The molecule has 0 unspecified atom stereocenters. The number of hydrogen-bond donors (Lipinski definition) is 3. The Bertz CT molecular complexity index is 1330. The molecule has 0 bridgehead atoms. The van der Waals surface area contributed by atoms with E-state index in [0.29, 0.717) is 12.0 Å². The molecule has 0 aliphatic heterocycles. The highest BCUT2D eigenvalue weighted by Gasteiger charge is 2.36. The Labute approximate surface area is 230 Å². The molecule has 2 amide bonds. The predicted octanol–water partition coefficient (Wildman–Crippen LogP) is 4.94. The van der Waals surface area contributed by atoms with Gasteiger partial charge in [-0.05, 0) is 42.0 Å². The standard InChI is InChI=1S/C30H35N3O5S/c1-23(2)21-28(27(30(35)32-36)20-12-17-24-13-6-3-7-14-24)29(34)31-33(26-18-10-5-11-19-26)39(37,38)22-25-15-8-4-9-16-25/h3-19,23,27-28,36H,20-22H2,1-2H3,(H,31,34)(H,32,35)/b17-12+/t27-,28+/m0/s1. The average Bonchev–Trinajstić information content (AvgIpc) is 2.93. The van der Waals surface area contributed by atoms with Crippen LogP contribution in [0.2, 0.25) is 0 Å². The number of rotatable bonds is 13. The molecular formula is C30H35N3O5S. The first-order chi connectivity index (χ1) is 18.7. The summed E-state index contributed by atoms with van der Waals surface area (Å²) in [4.78, 5) is 26.5. The second-order valence-corrected chi connectivity index (χ2v) is 11.5. The third-order valence-corrected chi connectivity index (χ3v) is 7.72. The second-order valence-electron chi connectivity index (χ2n) is 9.69. The Morgan fingerprint density at radius 3 is 1.97 bits per heavy atom. The Morgan fingerprint density at radius 2 is 1.41 bits per heavy atom. The summed E-state index contributed by atoms with van der Waals surface area (Å²) in [5.41, 5.74) is 6.02. The fourth-order valence-electron chi connectivity index (χ4n) is 4.30. The first kappa shape index (κ1) is 29.6. The molecule has 0 saturated heterocycles. The van der Waals surface area contributed by atoms with Gasteiger partial charge in [0.05, 0.1) is 23.3 Å². The fourth-order valence-corrected chi connectivity index (χ4v) is 5.72. The van der Waals surface area contributed by atoms with Crippen LogP contribution in [0.1, 0.15) is 37.8 Å². The van der Waals surface area contributed by atoms with E-state index in [9.17, 15) is 23.2 Å². The summed E-state index contributed by atoms with van der Waals surface area (Å²) in [5.74, 6) is -3.53. The largest absolute Gasteiger partial charge is 0.289 e. The lowest BCUT2D eigenvalue weighted by molar-refractivity contribution is -0.140. The third kappa shape index (κ3) is 8.80. The monoisotopic (exact) mass is 549 g/mol. The van der Waals surface area contributed by atoms with Gasteiger partial charge >= 0.3 is 0 Å². The summed E-state index contributed by atoms with van der Waals surface area (Å²) in [6.07, 6.45) is 4.07. The molecule has 0 spiro atoms. The molecule has 2 atom stereocenters. The number of amides is 2. The molecule has 3 rings (SSSR count). The molecule has 206 valence electrons. The molecule has 3 aromatic carbocycles. The van der Waals surface area contributed by atoms with Gasteiger partial charge in [0.15, 0.2) is 0 Å². The van der Waals surface area contributed by atoms with Gasteiger partial charge in [-0.15, -0.1) is 0 Å². The van der Waals surface area contributed by atoms with Crippen LogP contribution in [0, 0.1) is 17.8 Å². The first-order valence-electron chi connectivity index (χ1n) is 12.8. The van der Waals surface area contributed by atoms with Crippen LogP contribution < -0.4 is 15.3 Å². The number of carbonyl (C=O) groups is 2. The molecular weight excluding hydrogens is 514 g/mol. The SMILES string of the molecule is CC(C)C[C@@H](C(=O)NN(c1ccccc1)S(=O)(=O)Cc1ccccc1)[C@H](C/C=C/c1ccccc1)C(=O)NO. The minimum absolute atomic E-state index is 0.0129. The van der Waals surface area contributed by atoms with Crippen LogP contribution in [0.4, 0.5) is 5.69 Å². The van der Waals surface area contributed by atoms with E-state index in [-0.39, 0.29) is 23.8 Å². The average molecular weight is 550 g/mol. The number of hydrogen-bond acceptors (Lipinski definition) is 5. The van der Waals surface area contributed by atoms with Gasteiger partial charge in [0.25, 0.3) is 10.0 Å². The summed E-state index contributed by atoms with van der Waals surface area (Å²) >= 11 is 0. The Hall–Kier alpha value is -3.95. The summed E-state index contributed by atoms with van der Waals surface area (Å²) < 4.78 is 28.0. The van der Waals surface area contributed by atoms with E-state index in [1.807, 2.05) is 50.3 Å². The summed E-state index contributed by atoms with van der Waals surface area (Å²) in [6.45, 7) is 3.82. The van der Waals surface area contributed by atoms with Crippen LogP contribution in [0.3, 0.4) is 0 Å². The van der Waals surface area contributed by atoms with Crippen molar-refractivity contribution in [3.63, 3.8) is 0 Å². The van der Waals surface area contributed by atoms with Gasteiger partial charge in [0.1, 0.15) is 0 Å². The molecule has 0 saturated carbocycles.